The minimum Gasteiger partial charge on any atom is -0.378 e. The van der Waals surface area contributed by atoms with Crippen LogP contribution in [-0.4, -0.2) is 31.1 Å². The van der Waals surface area contributed by atoms with Crippen molar-refractivity contribution >= 4 is 48.3 Å². The second-order valence-electron chi connectivity index (χ2n) is 1.93. The minimum atomic E-state index is -3.08. The molecule has 0 saturated carbocycles. The molecule has 13 heavy (non-hydrogen) atoms. The molecular formula is C7H8Br2N2OS. The lowest BCUT2D eigenvalue weighted by Gasteiger charge is -2.25. The molecule has 0 bridgehead atoms. The van der Waals surface area contributed by atoms with Crippen LogP contribution in [0.2, 0.25) is 0 Å². The number of anilines is 1. The van der Waals surface area contributed by atoms with Gasteiger partial charge in [-0.3, -0.25) is 0 Å². The highest BCUT2D eigenvalue weighted by Crippen LogP contribution is 2.34. The Labute approximate surface area is 109 Å². The molecule has 1 aliphatic heterocycles. The van der Waals surface area contributed by atoms with Crippen molar-refractivity contribution in [1.29, 1.82) is 0 Å². The van der Waals surface area contributed by atoms with E-state index < -0.39 is 26.1 Å². The van der Waals surface area contributed by atoms with Crippen LogP contribution < -0.4 is 4.90 Å². The van der Waals surface area contributed by atoms with Crippen molar-refractivity contribution < 1.29 is 15.7 Å². The summed E-state index contributed by atoms with van der Waals surface area (Å²) < 4.78 is 66.9. The number of thiazole rings is 1. The zero-order valence-electron chi connectivity index (χ0n) is 14.0. The van der Waals surface area contributed by atoms with Crippen LogP contribution >= 0.6 is 43.2 Å². The molecule has 0 radical (unpaired) electrons. The number of halogens is 2. The molecule has 0 unspecified atom stereocenters. The van der Waals surface area contributed by atoms with E-state index in [2.05, 4.69) is 41.6 Å². The van der Waals surface area contributed by atoms with Crippen molar-refractivity contribution in [3.8, 4) is 0 Å². The molecular weight excluding hydrogens is 320 g/mol. The number of morpholine rings is 1. The molecule has 1 fully saturated rings. The average Bonchev–Trinajstić information content (AvgIpc) is 2.54. The molecule has 72 valence electrons. The smallest absolute Gasteiger partial charge is 0.187 e. The molecule has 0 amide bonds. The summed E-state index contributed by atoms with van der Waals surface area (Å²) in [6, 6.07) is 0. The van der Waals surface area contributed by atoms with Gasteiger partial charge in [0, 0.05) is 13.0 Å². The van der Waals surface area contributed by atoms with E-state index in [4.69, 9.17) is 11.0 Å². The summed E-state index contributed by atoms with van der Waals surface area (Å²) in [4.78, 5) is 4.24. The molecule has 1 aliphatic rings. The molecule has 0 atom stereocenters. The van der Waals surface area contributed by atoms with Crippen molar-refractivity contribution in [2.45, 2.75) is 0 Å². The van der Waals surface area contributed by atoms with Crippen LogP contribution in [0.4, 0.5) is 5.13 Å². The molecule has 0 aromatic carbocycles. The normalized spacial score (nSPS) is 42.5. The maximum Gasteiger partial charge on any atom is 0.187 e. The van der Waals surface area contributed by atoms with Crippen molar-refractivity contribution in [2.24, 2.45) is 0 Å². The Bertz CT molecular complexity index is 533. The van der Waals surface area contributed by atoms with Gasteiger partial charge >= 0.3 is 0 Å². The van der Waals surface area contributed by atoms with Crippen LogP contribution in [0.1, 0.15) is 11.0 Å². The van der Waals surface area contributed by atoms with Crippen LogP contribution in [0.3, 0.4) is 0 Å². The summed E-state index contributed by atoms with van der Waals surface area (Å²) in [7, 11) is 0. The van der Waals surface area contributed by atoms with E-state index in [1.54, 1.807) is 0 Å². The lowest BCUT2D eigenvalue weighted by Crippen LogP contribution is -2.36. The summed E-state index contributed by atoms with van der Waals surface area (Å²) in [6.45, 7) is -12.1. The Morgan fingerprint density at radius 3 is 2.69 bits per heavy atom. The third-order valence-corrected chi connectivity index (χ3v) is 4.20. The van der Waals surface area contributed by atoms with E-state index in [1.165, 1.54) is 0 Å². The van der Waals surface area contributed by atoms with Gasteiger partial charge in [-0.25, -0.2) is 4.98 Å². The topological polar surface area (TPSA) is 25.4 Å². The number of hydrogen-bond donors (Lipinski definition) is 0. The van der Waals surface area contributed by atoms with Crippen LogP contribution in [0.15, 0.2) is 8.39 Å². The fourth-order valence-electron chi connectivity index (χ4n) is 0.655. The summed E-state index contributed by atoms with van der Waals surface area (Å²) in [6.07, 6.45) is 0. The number of aromatic nitrogens is 1. The third kappa shape index (κ3) is 2.23. The van der Waals surface area contributed by atoms with E-state index in [-0.39, 0.29) is 9.73 Å². The van der Waals surface area contributed by atoms with Crippen LogP contribution in [0.25, 0.3) is 0 Å². The Hall–Kier alpha value is 0.350. The van der Waals surface area contributed by atoms with Crippen molar-refractivity contribution in [3.63, 3.8) is 0 Å². The van der Waals surface area contributed by atoms with Crippen LogP contribution in [0, 0.1) is 0 Å². The summed E-state index contributed by atoms with van der Waals surface area (Å²) in [5.41, 5.74) is 0. The largest absolute Gasteiger partial charge is 0.378 e. The van der Waals surface area contributed by atoms with Crippen LogP contribution in [0.5, 0.6) is 0 Å². The third-order valence-electron chi connectivity index (χ3n) is 1.15. The highest BCUT2D eigenvalue weighted by atomic mass is 79.9. The second kappa shape index (κ2) is 4.25. The van der Waals surface area contributed by atoms with Crippen LogP contribution in [-0.2, 0) is 4.74 Å². The quantitative estimate of drug-likeness (QED) is 0.788. The SMILES string of the molecule is [2H]C1([2H])OC([2H])([2H])C([2H])([2H])N(c2nc(Br)c(Br)s2)C1([2H])[2H]. The van der Waals surface area contributed by atoms with Gasteiger partial charge in [0.05, 0.1) is 24.1 Å². The van der Waals surface area contributed by atoms with Crippen molar-refractivity contribution in [1.82, 2.24) is 4.98 Å². The Morgan fingerprint density at radius 1 is 1.46 bits per heavy atom. The first kappa shape index (κ1) is 4.08. The molecule has 3 nitrogen and oxygen atoms in total. The molecule has 2 heterocycles. The van der Waals surface area contributed by atoms with Gasteiger partial charge < -0.3 is 9.64 Å². The molecule has 0 N–H and O–H groups in total. The fraction of sp³-hybridized carbons (Fsp3) is 0.571. The Balaban J connectivity index is 2.67. The second-order valence-corrected chi connectivity index (χ2v) is 4.97. The maximum absolute atomic E-state index is 7.86. The molecule has 1 aromatic heterocycles. The van der Waals surface area contributed by atoms with Gasteiger partial charge in [0.2, 0.25) is 0 Å². The Morgan fingerprint density at radius 2 is 2.15 bits per heavy atom. The first-order valence-corrected chi connectivity index (χ1v) is 5.46. The van der Waals surface area contributed by atoms with Gasteiger partial charge in [-0.2, -0.15) is 0 Å². The predicted molar refractivity (Wildman–Crippen MR) is 60.5 cm³/mol. The molecule has 6 heteroatoms. The minimum absolute atomic E-state index is 0.222. The highest BCUT2D eigenvalue weighted by Gasteiger charge is 2.16. The Kier molecular flexibility index (Phi) is 1.33. The predicted octanol–water partition coefficient (Wildman–Crippen LogP) is 2.50. The van der Waals surface area contributed by atoms with Gasteiger partial charge in [0.25, 0.3) is 0 Å². The van der Waals surface area contributed by atoms with E-state index in [0.717, 1.165) is 11.3 Å². The van der Waals surface area contributed by atoms with Crippen molar-refractivity contribution in [3.05, 3.63) is 8.39 Å². The monoisotopic (exact) mass is 334 g/mol. The highest BCUT2D eigenvalue weighted by molar-refractivity contribution is 9.13. The fourth-order valence-corrected chi connectivity index (χ4v) is 2.32. The van der Waals surface area contributed by atoms with Crippen molar-refractivity contribution in [2.75, 3.05) is 31.0 Å². The molecule has 0 spiro atoms. The van der Waals surface area contributed by atoms with Gasteiger partial charge in [0.1, 0.15) is 8.39 Å². The van der Waals surface area contributed by atoms with Gasteiger partial charge in [-0.15, -0.1) is 0 Å². The van der Waals surface area contributed by atoms with E-state index in [9.17, 15) is 0 Å². The molecule has 2 rings (SSSR count). The number of rotatable bonds is 1. The first-order chi connectivity index (χ1) is 9.24. The zero-order chi connectivity index (χ0) is 16.4. The average molecular weight is 336 g/mol. The first-order valence-electron chi connectivity index (χ1n) is 7.06. The number of ether oxygens (including phenoxy) is 1. The molecule has 1 aromatic rings. The standard InChI is InChI=1S/C7H8Br2N2OS/c8-5-6(9)13-7(10-5)11-1-3-12-4-2-11/h1-4H2/i1D2,2D2,3D2,4D2. The van der Waals surface area contributed by atoms with Gasteiger partial charge in [-0.1, -0.05) is 11.3 Å². The summed E-state index contributed by atoms with van der Waals surface area (Å²) >= 11 is 7.05. The number of nitrogens with zero attached hydrogens (tertiary/aromatic N) is 2. The van der Waals surface area contributed by atoms with Gasteiger partial charge in [-0.05, 0) is 31.9 Å². The van der Waals surface area contributed by atoms with E-state index in [0.29, 0.717) is 8.69 Å². The lowest BCUT2D eigenvalue weighted by molar-refractivity contribution is 0.122. The maximum atomic E-state index is 7.86. The van der Waals surface area contributed by atoms with E-state index >= 15 is 0 Å². The molecule has 1 saturated heterocycles. The summed E-state index contributed by atoms with van der Waals surface area (Å²) in [5, 5.41) is -0.222. The molecule has 0 aliphatic carbocycles. The lowest BCUT2D eigenvalue weighted by atomic mass is 10.5. The van der Waals surface area contributed by atoms with E-state index in [1.807, 2.05) is 0 Å². The number of hydrogen-bond acceptors (Lipinski definition) is 4. The zero-order valence-corrected chi connectivity index (χ0v) is 9.96. The summed E-state index contributed by atoms with van der Waals surface area (Å²) in [5.74, 6) is 0. The van der Waals surface area contributed by atoms with Gasteiger partial charge in [0.15, 0.2) is 5.13 Å².